The second-order valence-electron chi connectivity index (χ2n) is 5.32. The Labute approximate surface area is 140 Å². The number of para-hydroxylation sites is 1. The summed E-state index contributed by atoms with van der Waals surface area (Å²) in [5, 5.41) is 0. The Morgan fingerprint density at radius 1 is 0.696 bits per heavy atom. The van der Waals surface area contributed by atoms with E-state index in [1.165, 1.54) is 15.4 Å². The van der Waals surface area contributed by atoms with Gasteiger partial charge < -0.3 is 0 Å². The molecule has 110 valence electrons. The van der Waals surface area contributed by atoms with Crippen molar-refractivity contribution in [3.05, 3.63) is 101 Å². The number of aliphatic imine (C=N–C) groups is 1. The molecule has 0 saturated heterocycles. The lowest BCUT2D eigenvalue weighted by Crippen LogP contribution is -2.05. The van der Waals surface area contributed by atoms with Gasteiger partial charge in [0.25, 0.3) is 0 Å². The van der Waals surface area contributed by atoms with Crippen LogP contribution in [0.4, 0.5) is 5.69 Å². The lowest BCUT2D eigenvalue weighted by molar-refractivity contribution is 1.36. The molecular weight excluding hydrogens is 298 g/mol. The number of benzene rings is 3. The topological polar surface area (TPSA) is 12.4 Å². The van der Waals surface area contributed by atoms with Crippen molar-refractivity contribution in [2.45, 2.75) is 4.90 Å². The van der Waals surface area contributed by atoms with Crippen LogP contribution in [0.15, 0.2) is 99.7 Å². The first-order valence-electron chi connectivity index (χ1n) is 7.58. The van der Waals surface area contributed by atoms with Crippen LogP contribution in [-0.2, 0) is 0 Å². The average molecular weight is 313 g/mol. The summed E-state index contributed by atoms with van der Waals surface area (Å²) in [7, 11) is 0. The molecule has 1 aliphatic heterocycles. The van der Waals surface area contributed by atoms with E-state index in [0.29, 0.717) is 0 Å². The van der Waals surface area contributed by atoms with Gasteiger partial charge in [0, 0.05) is 15.4 Å². The van der Waals surface area contributed by atoms with E-state index in [0.717, 1.165) is 17.0 Å². The van der Waals surface area contributed by atoms with Crippen LogP contribution in [0.25, 0.3) is 6.08 Å². The summed E-state index contributed by atoms with van der Waals surface area (Å²) in [6, 6.07) is 29.1. The van der Waals surface area contributed by atoms with Crippen LogP contribution in [0.5, 0.6) is 0 Å². The van der Waals surface area contributed by atoms with Gasteiger partial charge in [-0.3, -0.25) is 0 Å². The molecule has 1 heterocycles. The Hall–Kier alpha value is -2.58. The highest BCUT2D eigenvalue weighted by Crippen LogP contribution is 2.42. The predicted molar refractivity (Wildman–Crippen MR) is 99.4 cm³/mol. The van der Waals surface area contributed by atoms with Crippen LogP contribution in [-0.4, -0.2) is 5.71 Å². The van der Waals surface area contributed by atoms with Crippen LogP contribution in [0.1, 0.15) is 11.1 Å². The molecule has 0 atom stereocenters. The number of hydrogen-bond donors (Lipinski definition) is 0. The van der Waals surface area contributed by atoms with E-state index in [1.54, 1.807) is 11.8 Å². The highest BCUT2D eigenvalue weighted by atomic mass is 32.2. The number of rotatable bonds is 2. The van der Waals surface area contributed by atoms with E-state index in [2.05, 4.69) is 72.8 Å². The Balaban J connectivity index is 1.86. The fourth-order valence-electron chi connectivity index (χ4n) is 2.58. The summed E-state index contributed by atoms with van der Waals surface area (Å²) in [5.74, 6) is 0. The zero-order valence-corrected chi connectivity index (χ0v) is 13.3. The number of thioether (sulfide) groups is 1. The van der Waals surface area contributed by atoms with Gasteiger partial charge in [0.15, 0.2) is 0 Å². The fraction of sp³-hybridized carbons (Fsp3) is 0. The quantitative estimate of drug-likeness (QED) is 0.569. The monoisotopic (exact) mass is 313 g/mol. The molecule has 23 heavy (non-hydrogen) atoms. The van der Waals surface area contributed by atoms with Crippen LogP contribution in [0.3, 0.4) is 0 Å². The van der Waals surface area contributed by atoms with Gasteiger partial charge in [-0.2, -0.15) is 0 Å². The number of nitrogens with zero attached hydrogens (tertiary/aromatic N) is 1. The maximum Gasteiger partial charge on any atom is 0.0849 e. The van der Waals surface area contributed by atoms with Gasteiger partial charge in [-0.05, 0) is 23.8 Å². The Morgan fingerprint density at radius 3 is 2.13 bits per heavy atom. The minimum atomic E-state index is 1.04. The molecule has 4 rings (SSSR count). The predicted octanol–water partition coefficient (Wildman–Crippen LogP) is 5.95. The summed E-state index contributed by atoms with van der Waals surface area (Å²) in [4.78, 5) is 7.31. The minimum absolute atomic E-state index is 1.04. The van der Waals surface area contributed by atoms with Crippen LogP contribution >= 0.6 is 11.8 Å². The summed E-state index contributed by atoms with van der Waals surface area (Å²) in [6.45, 7) is 0. The van der Waals surface area contributed by atoms with Crippen LogP contribution in [0, 0.1) is 0 Å². The molecular formula is C21H15NS. The first-order chi connectivity index (χ1) is 11.4. The van der Waals surface area contributed by atoms with Crippen molar-refractivity contribution in [3.8, 4) is 0 Å². The molecule has 2 heteroatoms. The first-order valence-corrected chi connectivity index (χ1v) is 8.40. The molecule has 0 N–H and O–H groups in total. The lowest BCUT2D eigenvalue weighted by atomic mass is 10.1. The van der Waals surface area contributed by atoms with Crippen molar-refractivity contribution >= 4 is 29.2 Å². The molecule has 0 fully saturated rings. The van der Waals surface area contributed by atoms with Gasteiger partial charge >= 0.3 is 0 Å². The summed E-state index contributed by atoms with van der Waals surface area (Å²) in [6.07, 6.45) is 2.21. The van der Waals surface area contributed by atoms with E-state index >= 15 is 0 Å². The van der Waals surface area contributed by atoms with Gasteiger partial charge in [-0.25, -0.2) is 4.99 Å². The molecule has 0 aromatic heterocycles. The molecule has 0 unspecified atom stereocenters. The first kappa shape index (κ1) is 14.0. The fourth-order valence-corrected chi connectivity index (χ4v) is 3.64. The third-order valence-corrected chi connectivity index (χ3v) is 4.79. The molecule has 3 aromatic rings. The number of fused-ring (bicyclic) bond motifs is 1. The average Bonchev–Trinajstić information content (AvgIpc) is 2.63. The molecule has 0 aliphatic carbocycles. The molecule has 1 aliphatic rings. The van der Waals surface area contributed by atoms with Gasteiger partial charge in [-0.15, -0.1) is 0 Å². The van der Waals surface area contributed by atoms with Crippen molar-refractivity contribution < 1.29 is 0 Å². The second-order valence-corrected chi connectivity index (χ2v) is 6.40. The van der Waals surface area contributed by atoms with E-state index in [9.17, 15) is 0 Å². The van der Waals surface area contributed by atoms with Crippen molar-refractivity contribution in [1.29, 1.82) is 0 Å². The third-order valence-electron chi connectivity index (χ3n) is 3.70. The van der Waals surface area contributed by atoms with Crippen molar-refractivity contribution in [3.63, 3.8) is 0 Å². The SMILES string of the molecule is C(=C1/Sc2ccccc2N=C1c1ccccc1)/c1ccccc1. The van der Waals surface area contributed by atoms with Crippen molar-refractivity contribution in [1.82, 2.24) is 0 Å². The second kappa shape index (κ2) is 6.27. The van der Waals surface area contributed by atoms with Gasteiger partial charge in [-0.1, -0.05) is 84.6 Å². The molecule has 0 saturated carbocycles. The lowest BCUT2D eigenvalue weighted by Gasteiger charge is -2.18. The number of hydrogen-bond acceptors (Lipinski definition) is 2. The summed E-state index contributed by atoms with van der Waals surface area (Å²) < 4.78 is 0. The molecule has 1 nitrogen and oxygen atoms in total. The maximum absolute atomic E-state index is 4.92. The summed E-state index contributed by atoms with van der Waals surface area (Å²) >= 11 is 1.79. The van der Waals surface area contributed by atoms with Crippen molar-refractivity contribution in [2.24, 2.45) is 4.99 Å². The molecule has 0 amide bonds. The Morgan fingerprint density at radius 2 is 1.35 bits per heavy atom. The van der Waals surface area contributed by atoms with Crippen LogP contribution in [0.2, 0.25) is 0 Å². The molecule has 3 aromatic carbocycles. The van der Waals surface area contributed by atoms with Gasteiger partial charge in [0.1, 0.15) is 0 Å². The highest BCUT2D eigenvalue weighted by molar-refractivity contribution is 8.04. The molecule has 0 spiro atoms. The van der Waals surface area contributed by atoms with E-state index in [4.69, 9.17) is 4.99 Å². The standard InChI is InChI=1S/C21H15NS/c1-3-9-16(10-4-1)15-20-21(17-11-5-2-6-12-17)22-18-13-7-8-14-19(18)23-20/h1-15H/b20-15-. The largest absolute Gasteiger partial charge is 0.246 e. The third kappa shape index (κ3) is 2.99. The van der Waals surface area contributed by atoms with E-state index in [1.807, 2.05) is 18.2 Å². The number of allylic oxidation sites excluding steroid dienone is 1. The Bertz CT molecular complexity index is 880. The van der Waals surface area contributed by atoms with Gasteiger partial charge in [0.2, 0.25) is 0 Å². The van der Waals surface area contributed by atoms with E-state index < -0.39 is 0 Å². The molecule has 0 bridgehead atoms. The van der Waals surface area contributed by atoms with E-state index in [-0.39, 0.29) is 0 Å². The van der Waals surface area contributed by atoms with Crippen molar-refractivity contribution in [2.75, 3.05) is 0 Å². The van der Waals surface area contributed by atoms with Gasteiger partial charge in [0.05, 0.1) is 11.4 Å². The smallest absolute Gasteiger partial charge is 0.0849 e. The highest BCUT2D eigenvalue weighted by Gasteiger charge is 2.19. The Kier molecular flexibility index (Phi) is 3.83. The minimum Gasteiger partial charge on any atom is -0.246 e. The zero-order chi connectivity index (χ0) is 15.5. The maximum atomic E-state index is 4.92. The van der Waals surface area contributed by atoms with Crippen LogP contribution < -0.4 is 0 Å². The summed E-state index contributed by atoms with van der Waals surface area (Å²) in [5.41, 5.74) is 4.43. The normalized spacial score (nSPS) is 15.1. The zero-order valence-electron chi connectivity index (χ0n) is 12.5. The molecule has 0 radical (unpaired) electrons.